The molecule has 0 atom stereocenters. The van der Waals surface area contributed by atoms with Crippen LogP contribution in [0.5, 0.6) is 0 Å². The van der Waals surface area contributed by atoms with E-state index in [1.54, 1.807) is 12.1 Å². The van der Waals surface area contributed by atoms with E-state index >= 15 is 0 Å². The van der Waals surface area contributed by atoms with Gasteiger partial charge in [-0.05, 0) is 84.7 Å². The molecule has 0 fully saturated rings. The molecule has 0 spiro atoms. The summed E-state index contributed by atoms with van der Waals surface area (Å²) in [6.45, 7) is 11.2. The summed E-state index contributed by atoms with van der Waals surface area (Å²) in [6, 6.07) is 12.1. The lowest BCUT2D eigenvalue weighted by atomic mass is 9.72. The summed E-state index contributed by atoms with van der Waals surface area (Å²) in [5.74, 6) is -0.282. The van der Waals surface area contributed by atoms with Crippen molar-refractivity contribution in [2.24, 2.45) is 0 Å². The Hall–Kier alpha value is -2.55. The van der Waals surface area contributed by atoms with E-state index in [0.717, 1.165) is 30.6 Å². The number of carbonyl (C=O) groups is 1. The van der Waals surface area contributed by atoms with Gasteiger partial charge in [-0.1, -0.05) is 39.3 Å². The number of ether oxygens (including phenoxy) is 1. The quantitative estimate of drug-likeness (QED) is 0.564. The van der Waals surface area contributed by atoms with Crippen LogP contribution in [0.4, 0.5) is 11.4 Å². The minimum atomic E-state index is -0.282. The van der Waals surface area contributed by atoms with E-state index in [2.05, 4.69) is 51.2 Å². The van der Waals surface area contributed by atoms with Gasteiger partial charge < -0.3 is 10.1 Å². The fourth-order valence-corrected chi connectivity index (χ4v) is 3.83. The molecular formula is C25H31NO2. The van der Waals surface area contributed by atoms with E-state index in [-0.39, 0.29) is 11.4 Å². The van der Waals surface area contributed by atoms with E-state index in [1.165, 1.54) is 22.3 Å². The molecule has 3 nitrogen and oxygen atoms in total. The molecule has 2 aromatic carbocycles. The van der Waals surface area contributed by atoms with Crippen LogP contribution in [-0.4, -0.2) is 12.6 Å². The van der Waals surface area contributed by atoms with Gasteiger partial charge in [-0.25, -0.2) is 4.79 Å². The van der Waals surface area contributed by atoms with Crippen LogP contribution in [0.25, 0.3) is 5.57 Å². The van der Waals surface area contributed by atoms with Crippen molar-refractivity contribution in [3.05, 3.63) is 64.7 Å². The number of nitrogens with one attached hydrogen (secondary N) is 1. The molecule has 2 aromatic rings. The van der Waals surface area contributed by atoms with Gasteiger partial charge in [-0.2, -0.15) is 0 Å². The molecule has 3 rings (SSSR count). The summed E-state index contributed by atoms with van der Waals surface area (Å²) in [5.41, 5.74) is 8.32. The number of aryl methyl sites for hydroxylation is 1. The Morgan fingerprint density at radius 1 is 1.14 bits per heavy atom. The van der Waals surface area contributed by atoms with E-state index in [0.29, 0.717) is 12.2 Å². The van der Waals surface area contributed by atoms with Gasteiger partial charge in [0.15, 0.2) is 0 Å². The number of hydrogen-bond donors (Lipinski definition) is 1. The highest BCUT2D eigenvalue weighted by atomic mass is 16.5. The van der Waals surface area contributed by atoms with E-state index < -0.39 is 0 Å². The van der Waals surface area contributed by atoms with Crippen molar-refractivity contribution in [3.8, 4) is 0 Å². The van der Waals surface area contributed by atoms with Crippen LogP contribution in [0.1, 0.15) is 74.0 Å². The van der Waals surface area contributed by atoms with Gasteiger partial charge in [0.05, 0.1) is 12.2 Å². The van der Waals surface area contributed by atoms with Crippen molar-refractivity contribution < 1.29 is 9.53 Å². The number of esters is 1. The zero-order valence-electron chi connectivity index (χ0n) is 17.7. The fraction of sp³-hybridized carbons (Fsp3) is 0.400. The topological polar surface area (TPSA) is 38.3 Å². The van der Waals surface area contributed by atoms with Gasteiger partial charge in [0.25, 0.3) is 0 Å². The first-order valence-corrected chi connectivity index (χ1v) is 10.2. The zero-order chi connectivity index (χ0) is 20.3. The highest BCUT2D eigenvalue weighted by Crippen LogP contribution is 2.42. The predicted molar refractivity (Wildman–Crippen MR) is 117 cm³/mol. The van der Waals surface area contributed by atoms with Gasteiger partial charge in [-0.15, -0.1) is 0 Å². The molecule has 1 aliphatic rings. The van der Waals surface area contributed by atoms with Crippen molar-refractivity contribution in [3.63, 3.8) is 0 Å². The smallest absolute Gasteiger partial charge is 0.338 e. The van der Waals surface area contributed by atoms with Crippen molar-refractivity contribution in [2.45, 2.75) is 59.3 Å². The van der Waals surface area contributed by atoms with Crippen molar-refractivity contribution >= 4 is 22.9 Å². The summed E-state index contributed by atoms with van der Waals surface area (Å²) >= 11 is 0. The largest absolute Gasteiger partial charge is 0.462 e. The maximum atomic E-state index is 11.8. The predicted octanol–water partition coefficient (Wildman–Crippen LogP) is 6.78. The van der Waals surface area contributed by atoms with Gasteiger partial charge in [0.1, 0.15) is 0 Å². The Morgan fingerprint density at radius 3 is 2.50 bits per heavy atom. The van der Waals surface area contributed by atoms with E-state index in [1.807, 2.05) is 19.1 Å². The minimum Gasteiger partial charge on any atom is -0.462 e. The first kappa shape index (κ1) is 20.2. The highest BCUT2D eigenvalue weighted by Gasteiger charge is 2.28. The highest BCUT2D eigenvalue weighted by molar-refractivity contribution is 5.90. The Morgan fingerprint density at radius 2 is 1.86 bits per heavy atom. The summed E-state index contributed by atoms with van der Waals surface area (Å²) in [4.78, 5) is 11.8. The fourth-order valence-electron chi connectivity index (χ4n) is 3.83. The van der Waals surface area contributed by atoms with Crippen LogP contribution in [0.2, 0.25) is 0 Å². The second kappa shape index (κ2) is 8.22. The number of allylic oxidation sites excluding steroid dienone is 2. The molecule has 148 valence electrons. The average Bonchev–Trinajstić information content (AvgIpc) is 2.66. The first-order valence-electron chi connectivity index (χ1n) is 10.2. The molecule has 0 aromatic heterocycles. The van der Waals surface area contributed by atoms with Gasteiger partial charge in [0, 0.05) is 11.4 Å². The molecule has 1 aliphatic carbocycles. The molecule has 0 radical (unpaired) electrons. The molecular weight excluding hydrogens is 346 g/mol. The molecule has 3 heteroatoms. The number of anilines is 2. The SMILES string of the molecule is CCCC1=CCC(C)(C)c2cc(C)c(Nc3ccc(C(=O)OCC)cc3)cc21. The molecule has 0 heterocycles. The number of benzene rings is 2. The lowest BCUT2D eigenvalue weighted by molar-refractivity contribution is 0.0526. The number of hydrogen-bond acceptors (Lipinski definition) is 3. The average molecular weight is 378 g/mol. The van der Waals surface area contributed by atoms with Crippen LogP contribution in [0, 0.1) is 6.92 Å². The number of rotatable bonds is 6. The minimum absolute atomic E-state index is 0.164. The lowest BCUT2D eigenvalue weighted by Crippen LogP contribution is -2.22. The second-order valence-electron chi connectivity index (χ2n) is 8.20. The Kier molecular flexibility index (Phi) is 5.93. The third-order valence-corrected chi connectivity index (χ3v) is 5.49. The monoisotopic (exact) mass is 377 g/mol. The third-order valence-electron chi connectivity index (χ3n) is 5.49. The molecule has 0 unspecified atom stereocenters. The molecule has 28 heavy (non-hydrogen) atoms. The van der Waals surface area contributed by atoms with Crippen LogP contribution in [0.15, 0.2) is 42.5 Å². The van der Waals surface area contributed by atoms with Gasteiger partial charge >= 0.3 is 5.97 Å². The Balaban J connectivity index is 1.91. The van der Waals surface area contributed by atoms with Crippen LogP contribution >= 0.6 is 0 Å². The molecule has 0 aliphatic heterocycles. The second-order valence-corrected chi connectivity index (χ2v) is 8.20. The lowest BCUT2D eigenvalue weighted by Gasteiger charge is -2.33. The summed E-state index contributed by atoms with van der Waals surface area (Å²) in [7, 11) is 0. The number of fused-ring (bicyclic) bond motifs is 1. The van der Waals surface area contributed by atoms with Crippen LogP contribution in [0.3, 0.4) is 0 Å². The van der Waals surface area contributed by atoms with Gasteiger partial charge in [-0.3, -0.25) is 0 Å². The van der Waals surface area contributed by atoms with Crippen LogP contribution in [-0.2, 0) is 10.2 Å². The van der Waals surface area contributed by atoms with Gasteiger partial charge in [0.2, 0.25) is 0 Å². The number of carbonyl (C=O) groups excluding carboxylic acids is 1. The van der Waals surface area contributed by atoms with Crippen LogP contribution < -0.4 is 5.32 Å². The van der Waals surface area contributed by atoms with Crippen molar-refractivity contribution in [1.29, 1.82) is 0 Å². The molecule has 0 bridgehead atoms. The standard InChI is InChI=1S/C25H31NO2/c1-6-8-18-13-14-25(4,5)22-15-17(3)23(16-21(18)22)26-20-11-9-19(10-12-20)24(27)28-7-2/h9-13,15-16,26H,6-8,14H2,1-5H3. The molecule has 0 saturated carbocycles. The molecule has 1 N–H and O–H groups in total. The molecule has 0 saturated heterocycles. The normalized spacial score (nSPS) is 14.8. The van der Waals surface area contributed by atoms with E-state index in [9.17, 15) is 4.79 Å². The van der Waals surface area contributed by atoms with Crippen molar-refractivity contribution in [2.75, 3.05) is 11.9 Å². The zero-order valence-corrected chi connectivity index (χ0v) is 17.7. The van der Waals surface area contributed by atoms with E-state index in [4.69, 9.17) is 4.74 Å². The third kappa shape index (κ3) is 4.14. The summed E-state index contributed by atoms with van der Waals surface area (Å²) < 4.78 is 5.06. The van der Waals surface area contributed by atoms with Crippen molar-refractivity contribution in [1.82, 2.24) is 0 Å². The molecule has 0 amide bonds. The summed E-state index contributed by atoms with van der Waals surface area (Å²) in [5, 5.41) is 3.53. The Bertz CT molecular complexity index is 892. The maximum absolute atomic E-state index is 11.8. The first-order chi connectivity index (χ1) is 13.4. The summed E-state index contributed by atoms with van der Waals surface area (Å²) in [6.07, 6.45) is 5.77. The Labute approximate surface area is 168 Å². The maximum Gasteiger partial charge on any atom is 0.338 e.